The minimum atomic E-state index is -0.204. The summed E-state index contributed by atoms with van der Waals surface area (Å²) in [6, 6.07) is 5.83. The summed E-state index contributed by atoms with van der Waals surface area (Å²) in [5, 5.41) is 0. The number of nitrogens with two attached hydrogens (primary N) is 1. The maximum Gasteiger partial charge on any atom is 0.125 e. The van der Waals surface area contributed by atoms with E-state index in [1.165, 1.54) is 19.3 Å². The molecule has 2 atom stereocenters. The van der Waals surface area contributed by atoms with E-state index in [1.54, 1.807) is 12.1 Å². The normalized spacial score (nSPS) is 27.1. The molecule has 0 radical (unpaired) electrons. The van der Waals surface area contributed by atoms with Crippen LogP contribution >= 0.6 is 0 Å². The number of hydrogen-bond donors (Lipinski definition) is 1. The van der Waals surface area contributed by atoms with Crippen molar-refractivity contribution in [3.05, 3.63) is 29.8 Å². The fourth-order valence-electron chi connectivity index (χ4n) is 3.56. The van der Waals surface area contributed by atoms with Gasteiger partial charge in [-0.3, -0.25) is 0 Å². The van der Waals surface area contributed by atoms with Crippen LogP contribution in [0.3, 0.4) is 0 Å². The van der Waals surface area contributed by atoms with Gasteiger partial charge < -0.3 is 10.3 Å². The van der Waals surface area contributed by atoms with Crippen molar-refractivity contribution >= 4 is 11.0 Å². The molecular weight excluding hydrogens is 253 g/mol. The molecule has 2 aliphatic rings. The summed E-state index contributed by atoms with van der Waals surface area (Å²) in [7, 11) is 0. The number of benzene rings is 1. The fraction of sp³-hybridized carbons (Fsp3) is 0.562. The lowest BCUT2D eigenvalue weighted by Gasteiger charge is -2.26. The zero-order valence-corrected chi connectivity index (χ0v) is 11.6. The van der Waals surface area contributed by atoms with Gasteiger partial charge in [-0.05, 0) is 44.2 Å². The number of aromatic nitrogens is 2. The SMILES string of the molecule is NC1CCCC(c2nc3cc(F)ccc3n2C2CC2)C1. The van der Waals surface area contributed by atoms with E-state index in [0.29, 0.717) is 12.0 Å². The highest BCUT2D eigenvalue weighted by molar-refractivity contribution is 5.76. The second-order valence-corrected chi connectivity index (χ2v) is 6.33. The van der Waals surface area contributed by atoms with Crippen LogP contribution in [0.1, 0.15) is 56.3 Å². The van der Waals surface area contributed by atoms with Crippen LogP contribution in [-0.4, -0.2) is 15.6 Å². The molecule has 0 aliphatic heterocycles. The third-order valence-corrected chi connectivity index (χ3v) is 4.67. The molecule has 2 N–H and O–H groups in total. The van der Waals surface area contributed by atoms with E-state index in [-0.39, 0.29) is 11.9 Å². The van der Waals surface area contributed by atoms with Gasteiger partial charge >= 0.3 is 0 Å². The summed E-state index contributed by atoms with van der Waals surface area (Å²) in [6.07, 6.45) is 6.90. The van der Waals surface area contributed by atoms with Gasteiger partial charge in [0.05, 0.1) is 11.0 Å². The average molecular weight is 273 g/mol. The highest BCUT2D eigenvalue weighted by Crippen LogP contribution is 2.42. The fourth-order valence-corrected chi connectivity index (χ4v) is 3.56. The van der Waals surface area contributed by atoms with Crippen molar-refractivity contribution in [1.82, 2.24) is 9.55 Å². The van der Waals surface area contributed by atoms with Crippen LogP contribution in [0.2, 0.25) is 0 Å². The summed E-state index contributed by atoms with van der Waals surface area (Å²) in [6.45, 7) is 0. The first-order valence-electron chi connectivity index (χ1n) is 7.65. The predicted molar refractivity (Wildman–Crippen MR) is 77.1 cm³/mol. The molecule has 2 fully saturated rings. The molecule has 4 heteroatoms. The minimum Gasteiger partial charge on any atom is -0.328 e. The van der Waals surface area contributed by atoms with Crippen molar-refractivity contribution < 1.29 is 4.39 Å². The molecule has 106 valence electrons. The van der Waals surface area contributed by atoms with E-state index < -0.39 is 0 Å². The van der Waals surface area contributed by atoms with Crippen LogP contribution in [0.4, 0.5) is 4.39 Å². The van der Waals surface area contributed by atoms with E-state index >= 15 is 0 Å². The maximum absolute atomic E-state index is 13.4. The lowest BCUT2D eigenvalue weighted by Crippen LogP contribution is -2.28. The first kappa shape index (κ1) is 12.3. The van der Waals surface area contributed by atoms with Crippen molar-refractivity contribution in [2.75, 3.05) is 0 Å². The highest BCUT2D eigenvalue weighted by atomic mass is 19.1. The van der Waals surface area contributed by atoms with E-state index in [4.69, 9.17) is 10.7 Å². The number of rotatable bonds is 2. The molecule has 1 aromatic heterocycles. The first-order chi connectivity index (χ1) is 9.72. The molecule has 20 heavy (non-hydrogen) atoms. The molecule has 4 rings (SSSR count). The van der Waals surface area contributed by atoms with E-state index in [0.717, 1.165) is 36.1 Å². The molecule has 1 aromatic carbocycles. The largest absolute Gasteiger partial charge is 0.328 e. The molecule has 0 spiro atoms. The highest BCUT2D eigenvalue weighted by Gasteiger charge is 2.32. The summed E-state index contributed by atoms with van der Waals surface area (Å²) in [5.41, 5.74) is 8.01. The third kappa shape index (κ3) is 2.03. The Kier molecular flexibility index (Phi) is 2.81. The van der Waals surface area contributed by atoms with Crippen molar-refractivity contribution in [3.8, 4) is 0 Å². The van der Waals surface area contributed by atoms with Crippen LogP contribution in [0.25, 0.3) is 11.0 Å². The zero-order chi connectivity index (χ0) is 13.7. The van der Waals surface area contributed by atoms with Gasteiger partial charge in [-0.15, -0.1) is 0 Å². The first-order valence-corrected chi connectivity index (χ1v) is 7.65. The van der Waals surface area contributed by atoms with Gasteiger partial charge in [-0.1, -0.05) is 6.42 Å². The van der Waals surface area contributed by atoms with Crippen molar-refractivity contribution in [2.24, 2.45) is 5.73 Å². The van der Waals surface area contributed by atoms with Crippen LogP contribution in [0.15, 0.2) is 18.2 Å². The molecule has 1 heterocycles. The Morgan fingerprint density at radius 2 is 2.05 bits per heavy atom. The zero-order valence-electron chi connectivity index (χ0n) is 11.6. The van der Waals surface area contributed by atoms with E-state index in [9.17, 15) is 4.39 Å². The molecule has 0 saturated heterocycles. The number of fused-ring (bicyclic) bond motifs is 1. The number of halogens is 1. The summed E-state index contributed by atoms with van der Waals surface area (Å²) in [5.74, 6) is 1.38. The quantitative estimate of drug-likeness (QED) is 0.910. The van der Waals surface area contributed by atoms with Crippen LogP contribution < -0.4 is 5.73 Å². The van der Waals surface area contributed by atoms with E-state index in [1.807, 2.05) is 6.07 Å². The van der Waals surface area contributed by atoms with Gasteiger partial charge in [0.1, 0.15) is 11.6 Å². The Morgan fingerprint density at radius 3 is 2.80 bits per heavy atom. The Labute approximate surface area is 118 Å². The lowest BCUT2D eigenvalue weighted by atomic mass is 9.85. The number of nitrogens with zero attached hydrogens (tertiary/aromatic N) is 2. The number of imidazole rings is 1. The van der Waals surface area contributed by atoms with Crippen LogP contribution in [0.5, 0.6) is 0 Å². The molecule has 2 unspecified atom stereocenters. The lowest BCUT2D eigenvalue weighted by molar-refractivity contribution is 0.374. The van der Waals surface area contributed by atoms with Crippen LogP contribution in [-0.2, 0) is 0 Å². The second kappa shape index (κ2) is 4.55. The van der Waals surface area contributed by atoms with E-state index in [2.05, 4.69) is 4.57 Å². The minimum absolute atomic E-state index is 0.204. The molecular formula is C16H20FN3. The van der Waals surface area contributed by atoms with Crippen molar-refractivity contribution in [1.29, 1.82) is 0 Å². The molecule has 2 aromatic rings. The van der Waals surface area contributed by atoms with Crippen molar-refractivity contribution in [3.63, 3.8) is 0 Å². The summed E-state index contributed by atoms with van der Waals surface area (Å²) < 4.78 is 15.8. The standard InChI is InChI=1S/C16H20FN3/c17-11-4-7-15-14(9-11)19-16(20(15)13-5-6-13)10-2-1-3-12(18)8-10/h4,7,9-10,12-13H,1-3,5-6,8,18H2. The molecule has 2 saturated carbocycles. The monoisotopic (exact) mass is 273 g/mol. The molecule has 0 amide bonds. The summed E-state index contributed by atoms with van der Waals surface area (Å²) in [4.78, 5) is 4.76. The smallest absolute Gasteiger partial charge is 0.125 e. The van der Waals surface area contributed by atoms with Gasteiger partial charge in [0, 0.05) is 24.1 Å². The molecule has 0 bridgehead atoms. The Morgan fingerprint density at radius 1 is 1.20 bits per heavy atom. The third-order valence-electron chi connectivity index (χ3n) is 4.67. The number of hydrogen-bond acceptors (Lipinski definition) is 2. The Bertz CT molecular complexity index is 644. The van der Waals surface area contributed by atoms with Gasteiger partial charge in [-0.25, -0.2) is 9.37 Å². The van der Waals surface area contributed by atoms with Gasteiger partial charge in [0.25, 0.3) is 0 Å². The Hall–Kier alpha value is -1.42. The molecule has 2 aliphatic carbocycles. The average Bonchev–Trinajstić information content (AvgIpc) is 3.19. The molecule has 3 nitrogen and oxygen atoms in total. The topological polar surface area (TPSA) is 43.8 Å². The van der Waals surface area contributed by atoms with Crippen LogP contribution in [0, 0.1) is 5.82 Å². The maximum atomic E-state index is 13.4. The van der Waals surface area contributed by atoms with Gasteiger partial charge in [-0.2, -0.15) is 0 Å². The van der Waals surface area contributed by atoms with Gasteiger partial charge in [0.15, 0.2) is 0 Å². The summed E-state index contributed by atoms with van der Waals surface area (Å²) >= 11 is 0. The predicted octanol–water partition coefficient (Wildman–Crippen LogP) is 3.50. The van der Waals surface area contributed by atoms with Gasteiger partial charge in [0.2, 0.25) is 0 Å². The Balaban J connectivity index is 1.83. The second-order valence-electron chi connectivity index (χ2n) is 6.33. The van der Waals surface area contributed by atoms with Crippen molar-refractivity contribution in [2.45, 2.75) is 56.5 Å².